The van der Waals surface area contributed by atoms with Crippen LogP contribution in [0.2, 0.25) is 0 Å². The van der Waals surface area contributed by atoms with E-state index in [1.807, 2.05) is 14.1 Å². The molecule has 6 heteroatoms. The molecule has 1 aliphatic carbocycles. The molecule has 0 spiro atoms. The lowest BCUT2D eigenvalue weighted by molar-refractivity contribution is 0.157. The van der Waals surface area contributed by atoms with Gasteiger partial charge in [-0.2, -0.15) is 0 Å². The molecule has 0 radical (unpaired) electrons. The van der Waals surface area contributed by atoms with E-state index in [1.54, 1.807) is 0 Å². The minimum Gasteiger partial charge on any atom is -0.465 e. The number of hydrogen-bond donors (Lipinski definition) is 3. The van der Waals surface area contributed by atoms with E-state index in [0.717, 1.165) is 12.8 Å². The van der Waals surface area contributed by atoms with E-state index in [4.69, 9.17) is 17.3 Å². The molecule has 0 aromatic carbocycles. The predicted octanol–water partition coefficient (Wildman–Crippen LogP) is 0.221. The van der Waals surface area contributed by atoms with Crippen LogP contribution in [0.4, 0.5) is 4.79 Å². The van der Waals surface area contributed by atoms with Gasteiger partial charge in [0, 0.05) is 12.1 Å². The first-order valence-corrected chi connectivity index (χ1v) is 4.86. The van der Waals surface area contributed by atoms with Crippen LogP contribution in [0.3, 0.4) is 0 Å². The first-order valence-electron chi connectivity index (χ1n) is 4.46. The smallest absolute Gasteiger partial charge is 0.410 e. The van der Waals surface area contributed by atoms with Gasteiger partial charge in [0.2, 0.25) is 0 Å². The Morgan fingerprint density at radius 2 is 2.07 bits per heavy atom. The zero-order chi connectivity index (χ0) is 10.7. The Labute approximate surface area is 88.5 Å². The number of nitrogens with one attached hydrogen (secondary N) is 2. The van der Waals surface area contributed by atoms with Crippen LogP contribution in [0.5, 0.6) is 0 Å². The van der Waals surface area contributed by atoms with Crippen molar-refractivity contribution in [2.24, 2.45) is 0 Å². The van der Waals surface area contributed by atoms with Crippen LogP contribution in [0.25, 0.3) is 0 Å². The van der Waals surface area contributed by atoms with Crippen LogP contribution >= 0.6 is 12.2 Å². The summed E-state index contributed by atoms with van der Waals surface area (Å²) in [4.78, 5) is 12.4. The van der Waals surface area contributed by atoms with E-state index < -0.39 is 6.09 Å². The molecule has 0 aromatic rings. The molecule has 0 aliphatic heterocycles. The molecular formula is C8H15N3O2S. The molecule has 0 heterocycles. The molecule has 1 saturated carbocycles. The minimum absolute atomic E-state index is 0.194. The number of thiocarbonyl (C=S) groups is 1. The molecule has 1 amide bonds. The van der Waals surface area contributed by atoms with Gasteiger partial charge in [0.1, 0.15) is 0 Å². The highest BCUT2D eigenvalue weighted by molar-refractivity contribution is 7.80. The summed E-state index contributed by atoms with van der Waals surface area (Å²) < 4.78 is 0. The summed E-state index contributed by atoms with van der Waals surface area (Å²) in [7, 11) is 4.07. The van der Waals surface area contributed by atoms with Gasteiger partial charge < -0.3 is 15.3 Å². The predicted molar refractivity (Wildman–Crippen MR) is 57.4 cm³/mol. The van der Waals surface area contributed by atoms with E-state index >= 15 is 0 Å². The molecule has 5 nitrogen and oxygen atoms in total. The summed E-state index contributed by atoms with van der Waals surface area (Å²) in [5.41, 5.74) is 0. The van der Waals surface area contributed by atoms with Gasteiger partial charge in [-0.3, -0.25) is 5.32 Å². The first kappa shape index (κ1) is 11.2. The number of hydrogen-bond acceptors (Lipinski definition) is 3. The van der Waals surface area contributed by atoms with Crippen molar-refractivity contribution in [1.29, 1.82) is 0 Å². The van der Waals surface area contributed by atoms with E-state index in [-0.39, 0.29) is 5.11 Å². The number of carbonyl (C=O) groups is 1. The molecular weight excluding hydrogens is 202 g/mol. The summed E-state index contributed by atoms with van der Waals surface area (Å²) in [6, 6.07) is 0.891. The zero-order valence-electron chi connectivity index (χ0n) is 8.28. The average Bonchev–Trinajstić information content (AvgIpc) is 1.93. The van der Waals surface area contributed by atoms with Gasteiger partial charge in [-0.05, 0) is 39.2 Å². The van der Waals surface area contributed by atoms with Gasteiger partial charge in [0.15, 0.2) is 5.11 Å². The van der Waals surface area contributed by atoms with Crippen molar-refractivity contribution in [2.75, 3.05) is 14.1 Å². The highest BCUT2D eigenvalue weighted by Crippen LogP contribution is 2.23. The number of rotatable bonds is 2. The summed E-state index contributed by atoms with van der Waals surface area (Å²) in [5.74, 6) is 0. The average molecular weight is 217 g/mol. The third kappa shape index (κ3) is 3.12. The van der Waals surface area contributed by atoms with Crippen molar-refractivity contribution in [3.05, 3.63) is 0 Å². The molecule has 0 aromatic heterocycles. The largest absolute Gasteiger partial charge is 0.465 e. The van der Waals surface area contributed by atoms with Crippen molar-refractivity contribution in [1.82, 2.24) is 15.5 Å². The second-order valence-corrected chi connectivity index (χ2v) is 4.10. The van der Waals surface area contributed by atoms with Gasteiger partial charge in [-0.1, -0.05) is 0 Å². The molecule has 3 N–H and O–H groups in total. The maximum Gasteiger partial charge on any atom is 0.410 e. The second-order valence-electron chi connectivity index (χ2n) is 3.69. The molecule has 14 heavy (non-hydrogen) atoms. The molecule has 1 fully saturated rings. The monoisotopic (exact) mass is 217 g/mol. The van der Waals surface area contributed by atoms with Crippen molar-refractivity contribution in [3.8, 4) is 0 Å². The van der Waals surface area contributed by atoms with Crippen LogP contribution in [0, 0.1) is 0 Å². The Hall–Kier alpha value is -0.880. The maximum absolute atomic E-state index is 10.2. The Morgan fingerprint density at radius 1 is 1.50 bits per heavy atom. The normalized spacial score (nSPS) is 25.4. The van der Waals surface area contributed by atoms with E-state index in [2.05, 4.69) is 15.5 Å². The van der Waals surface area contributed by atoms with Gasteiger partial charge >= 0.3 is 6.09 Å². The lowest BCUT2D eigenvalue weighted by Gasteiger charge is -2.40. The number of amides is 1. The second kappa shape index (κ2) is 4.56. The molecule has 0 bridgehead atoms. The van der Waals surface area contributed by atoms with E-state index in [1.165, 1.54) is 0 Å². The van der Waals surface area contributed by atoms with Gasteiger partial charge in [-0.25, -0.2) is 4.79 Å². The van der Waals surface area contributed by atoms with E-state index in [9.17, 15) is 4.79 Å². The fourth-order valence-corrected chi connectivity index (χ4v) is 1.70. The fraction of sp³-hybridized carbons (Fsp3) is 0.750. The third-order valence-corrected chi connectivity index (χ3v) is 2.62. The standard InChI is InChI=1S/C8H15N3O2S/c1-11(2)6-3-5(4-6)9-7(14)10-8(12)13/h5-6H,3-4H2,1-2H3,(H,12,13)(H2,9,10,14). The highest BCUT2D eigenvalue weighted by Gasteiger charge is 2.30. The molecule has 1 aliphatic rings. The lowest BCUT2D eigenvalue weighted by Crippen LogP contribution is -2.54. The van der Waals surface area contributed by atoms with Crippen molar-refractivity contribution in [2.45, 2.75) is 24.9 Å². The van der Waals surface area contributed by atoms with Gasteiger partial charge in [0.25, 0.3) is 0 Å². The zero-order valence-corrected chi connectivity index (χ0v) is 9.10. The van der Waals surface area contributed by atoms with Crippen molar-refractivity contribution < 1.29 is 9.90 Å². The molecule has 0 unspecified atom stereocenters. The lowest BCUT2D eigenvalue weighted by atomic mass is 9.86. The Balaban J connectivity index is 2.16. The first-order chi connectivity index (χ1) is 6.49. The van der Waals surface area contributed by atoms with E-state index in [0.29, 0.717) is 12.1 Å². The van der Waals surface area contributed by atoms with Crippen LogP contribution < -0.4 is 10.6 Å². The van der Waals surface area contributed by atoms with Crippen molar-refractivity contribution >= 4 is 23.4 Å². The SMILES string of the molecule is CN(C)C1CC(NC(=S)NC(=O)O)C1. The fourth-order valence-electron chi connectivity index (χ4n) is 1.45. The van der Waals surface area contributed by atoms with Crippen LogP contribution in [0.1, 0.15) is 12.8 Å². The Morgan fingerprint density at radius 3 is 2.50 bits per heavy atom. The third-order valence-electron chi connectivity index (χ3n) is 2.40. The summed E-state index contributed by atoms with van der Waals surface area (Å²) in [6.45, 7) is 0. The highest BCUT2D eigenvalue weighted by atomic mass is 32.1. The van der Waals surface area contributed by atoms with Gasteiger partial charge in [0.05, 0.1) is 0 Å². The van der Waals surface area contributed by atoms with Crippen LogP contribution in [-0.2, 0) is 0 Å². The Kier molecular flexibility index (Phi) is 3.65. The van der Waals surface area contributed by atoms with Crippen LogP contribution in [-0.4, -0.2) is 47.4 Å². The summed E-state index contributed by atoms with van der Waals surface area (Å²) >= 11 is 4.79. The molecule has 1 rings (SSSR count). The quantitative estimate of drug-likeness (QED) is 0.578. The van der Waals surface area contributed by atoms with Gasteiger partial charge in [-0.15, -0.1) is 0 Å². The minimum atomic E-state index is -1.12. The Bertz CT molecular complexity index is 239. The molecule has 0 saturated heterocycles. The van der Waals surface area contributed by atoms with Crippen LogP contribution in [0.15, 0.2) is 0 Å². The molecule has 80 valence electrons. The number of carboxylic acid groups (broad SMARTS) is 1. The van der Waals surface area contributed by atoms with Crippen molar-refractivity contribution in [3.63, 3.8) is 0 Å². The summed E-state index contributed by atoms with van der Waals surface area (Å²) in [6.07, 6.45) is 0.897. The summed E-state index contributed by atoms with van der Waals surface area (Å²) in [5, 5.41) is 13.6. The topological polar surface area (TPSA) is 64.6 Å². The molecule has 0 atom stereocenters. The number of nitrogens with zero attached hydrogens (tertiary/aromatic N) is 1. The maximum atomic E-state index is 10.2.